The summed E-state index contributed by atoms with van der Waals surface area (Å²) in [4.78, 5) is 7.89. The fraction of sp³-hybridized carbons (Fsp3) is 0.118. The van der Waals surface area contributed by atoms with Gasteiger partial charge in [-0.1, -0.05) is 47.5 Å². The summed E-state index contributed by atoms with van der Waals surface area (Å²) in [6.07, 6.45) is 22.1. The number of hydrazone groups is 4. The molecule has 0 fully saturated rings. The second-order valence-corrected chi connectivity index (χ2v) is 12.6. The monoisotopic (exact) mass is 877 g/mol. The summed E-state index contributed by atoms with van der Waals surface area (Å²) in [5.74, 6) is -2.57. The number of hydrogen-bond acceptors (Lipinski definition) is 6. The fourth-order valence-corrected chi connectivity index (χ4v) is 7.66. The molecule has 0 unspecified atom stereocenters. The van der Waals surface area contributed by atoms with Crippen molar-refractivity contribution in [2.24, 2.45) is 20.4 Å². The molecule has 8 rings (SSSR count). The maximum Gasteiger partial charge on any atom is 0.722 e. The van der Waals surface area contributed by atoms with Gasteiger partial charge in [-0.25, -0.2) is 0 Å². The van der Waals surface area contributed by atoms with Crippen molar-refractivity contribution in [2.45, 2.75) is 25.7 Å². The summed E-state index contributed by atoms with van der Waals surface area (Å²) in [6.45, 7) is 0. The van der Waals surface area contributed by atoms with Gasteiger partial charge in [0.05, 0.1) is 50.5 Å². The van der Waals surface area contributed by atoms with Crippen molar-refractivity contribution in [3.63, 3.8) is 0 Å². The summed E-state index contributed by atoms with van der Waals surface area (Å²) in [5.41, 5.74) is 1.27. The average Bonchev–Trinajstić information content (AvgIpc) is 3.97. The minimum Gasteiger partial charge on any atom is -0.305 e. The largest absolute Gasteiger partial charge is 0.722 e. The van der Waals surface area contributed by atoms with E-state index in [1.54, 1.807) is 48.8 Å². The molecule has 10 nitrogen and oxygen atoms in total. The minimum absolute atomic E-state index is 0. The van der Waals surface area contributed by atoms with Gasteiger partial charge in [-0.05, 0) is 23.5 Å². The van der Waals surface area contributed by atoms with Crippen LogP contribution in [-0.2, 0) is 20.1 Å². The molecule has 0 aliphatic carbocycles. The summed E-state index contributed by atoms with van der Waals surface area (Å²) in [5, 5.41) is 18.1. The smallest absolute Gasteiger partial charge is 0.305 e. The van der Waals surface area contributed by atoms with E-state index in [9.17, 15) is 17.6 Å². The van der Waals surface area contributed by atoms with Gasteiger partial charge in [0.15, 0.2) is 0 Å². The van der Waals surface area contributed by atoms with E-state index in [0.717, 1.165) is 49.9 Å². The van der Waals surface area contributed by atoms with Crippen LogP contribution < -0.4 is 0 Å². The summed E-state index contributed by atoms with van der Waals surface area (Å²) in [7, 11) is -1.99. The van der Waals surface area contributed by atoms with Gasteiger partial charge >= 0.3 is 10.8 Å². The molecular weight excluding hydrogens is 849 g/mol. The van der Waals surface area contributed by atoms with E-state index in [1.165, 1.54) is 0 Å². The Hall–Kier alpha value is -5.18. The van der Waals surface area contributed by atoms with E-state index in [0.29, 0.717) is 11.4 Å². The standard InChI is InChI=1S/C12H16N8S.2C11H6F2N.Ir/c1-5-13-17(9-1)21(18-10-2-6-14-18,19-11-3-7-15-19)20-12-4-8-16-20;2*12-8-4-5-9(10(13)7-8)11-3-1-2-6-14-11;/h5-12H,1-4H2;2*1-4,6-7H;/q+4;2*-1;. The van der Waals surface area contributed by atoms with Crippen LogP contribution in [0.1, 0.15) is 25.7 Å². The maximum atomic E-state index is 13.2. The van der Waals surface area contributed by atoms with E-state index in [2.05, 4.69) is 67.4 Å². The second-order valence-electron chi connectivity index (χ2n) is 10.1. The van der Waals surface area contributed by atoms with Crippen molar-refractivity contribution in [1.29, 1.82) is 0 Å². The third-order valence-corrected chi connectivity index (χ3v) is 9.79. The van der Waals surface area contributed by atoms with Crippen LogP contribution in [0.2, 0.25) is 0 Å². The van der Waals surface area contributed by atoms with E-state index < -0.39 is 34.0 Å². The van der Waals surface area contributed by atoms with Crippen LogP contribution >= 0.6 is 10.8 Å². The molecule has 2 aromatic carbocycles. The van der Waals surface area contributed by atoms with Gasteiger partial charge in [0, 0.05) is 76.2 Å². The van der Waals surface area contributed by atoms with Gasteiger partial charge in [-0.2, -0.15) is 0 Å². The topological polar surface area (TPSA) is 87.3 Å². The third-order valence-electron chi connectivity index (χ3n) is 6.81. The Morgan fingerprint density at radius 2 is 0.900 bits per heavy atom. The van der Waals surface area contributed by atoms with Gasteiger partial charge in [-0.3, -0.25) is 17.6 Å². The van der Waals surface area contributed by atoms with Gasteiger partial charge < -0.3 is 9.97 Å². The molecule has 255 valence electrons. The molecule has 0 saturated carbocycles. The van der Waals surface area contributed by atoms with Crippen molar-refractivity contribution in [3.8, 4) is 22.5 Å². The molecule has 0 atom stereocenters. The summed E-state index contributed by atoms with van der Waals surface area (Å²) in [6, 6.07) is 19.1. The number of hydrogen-bond donors (Lipinski definition) is 0. The Balaban J connectivity index is 0.000000149. The zero-order chi connectivity index (χ0) is 34.1. The van der Waals surface area contributed by atoms with Crippen LogP contribution in [0.5, 0.6) is 0 Å². The maximum absolute atomic E-state index is 13.2. The Labute approximate surface area is 300 Å². The van der Waals surface area contributed by atoms with Crippen LogP contribution in [0, 0.1) is 35.4 Å². The van der Waals surface area contributed by atoms with Crippen molar-refractivity contribution < 1.29 is 54.0 Å². The number of rotatable bonds is 6. The molecule has 1 radical (unpaired) electrons. The van der Waals surface area contributed by atoms with Crippen molar-refractivity contribution in [1.82, 2.24) is 9.97 Å². The summed E-state index contributed by atoms with van der Waals surface area (Å²) >= 11 is 0. The first-order valence-corrected chi connectivity index (χ1v) is 16.4. The number of nitrogens with zero attached hydrogens (tertiary/aromatic N) is 10. The molecule has 0 bridgehead atoms. The van der Waals surface area contributed by atoms with Crippen molar-refractivity contribution in [2.75, 3.05) is 0 Å². The van der Waals surface area contributed by atoms with Crippen LogP contribution in [0.3, 0.4) is 0 Å². The van der Waals surface area contributed by atoms with Gasteiger partial charge in [-0.15, -0.1) is 24.3 Å². The first-order chi connectivity index (χ1) is 24.0. The van der Waals surface area contributed by atoms with Gasteiger partial charge in [0.1, 0.15) is 16.4 Å². The Morgan fingerprint density at radius 1 is 0.540 bits per heavy atom. The molecule has 2 aromatic heterocycles. The first-order valence-electron chi connectivity index (χ1n) is 15.0. The van der Waals surface area contributed by atoms with E-state index in [-0.39, 0.29) is 31.2 Å². The van der Waals surface area contributed by atoms with Crippen LogP contribution in [0.4, 0.5) is 17.6 Å². The first kappa shape index (κ1) is 36.1. The molecule has 0 spiro atoms. The van der Waals surface area contributed by atoms with Crippen LogP contribution in [0.15, 0.2) is 93.5 Å². The number of benzene rings is 2. The number of pyridine rings is 2. The molecule has 6 heterocycles. The molecule has 0 N–H and O–H groups in total. The minimum atomic E-state index is -1.99. The van der Waals surface area contributed by atoms with E-state index in [4.69, 9.17) is 0 Å². The van der Waals surface area contributed by atoms with E-state index in [1.807, 2.05) is 41.2 Å². The van der Waals surface area contributed by atoms with Crippen molar-refractivity contribution in [3.05, 3.63) is 108 Å². The molecule has 4 aliphatic heterocycles. The summed E-state index contributed by atoms with van der Waals surface area (Å²) < 4.78 is 59.4. The zero-order valence-corrected chi connectivity index (χ0v) is 29.3. The average molecular weight is 877 g/mol. The van der Waals surface area contributed by atoms with Gasteiger partial charge in [0.25, 0.3) is 0 Å². The predicted octanol–water partition coefficient (Wildman–Crippen LogP) is 5.99. The quantitative estimate of drug-likeness (QED) is 0.136. The van der Waals surface area contributed by atoms with Crippen LogP contribution in [0.25, 0.3) is 22.5 Å². The number of aromatic nitrogens is 2. The fourth-order valence-electron chi connectivity index (χ4n) is 4.72. The third kappa shape index (κ3) is 7.99. The molecule has 0 amide bonds. The SMILES string of the molecule is C1=N[N+](S([N+]2=CCC=N2)([N+]2=CCC=N2)[N+]2=CCC=N2)=CC1.Fc1c[c-]c(-c2ccccn2)c(F)c1.Fc1c[c-]c(-c2ccccn2)c(F)c1.[Ir]. The molecule has 0 saturated heterocycles. The zero-order valence-electron chi connectivity index (χ0n) is 26.1. The van der Waals surface area contributed by atoms with Gasteiger partial charge in [0.2, 0.25) is 24.9 Å². The molecule has 16 heteroatoms. The van der Waals surface area contributed by atoms with Crippen molar-refractivity contribution >= 4 is 60.5 Å². The molecule has 4 aromatic rings. The number of halogens is 4. The molecule has 4 aliphatic rings. The molecular formula is C34H28F4IrN10S+2. The Morgan fingerprint density at radius 3 is 1.16 bits per heavy atom. The Kier molecular flexibility index (Phi) is 12.3. The second kappa shape index (κ2) is 17.0. The Bertz CT molecular complexity index is 1870. The molecule has 50 heavy (non-hydrogen) atoms. The van der Waals surface area contributed by atoms with Crippen LogP contribution in [-0.4, -0.2) is 76.0 Å². The normalized spacial score (nSPS) is 15.6. The predicted molar refractivity (Wildman–Crippen MR) is 182 cm³/mol. The van der Waals surface area contributed by atoms with E-state index >= 15 is 0 Å².